The maximum Gasteiger partial charge on any atom is 0.161 e. The first-order valence-electron chi connectivity index (χ1n) is 7.06. The molecule has 0 spiro atoms. The molecule has 0 heterocycles. The summed E-state index contributed by atoms with van der Waals surface area (Å²) in [4.78, 5) is 0. The van der Waals surface area contributed by atoms with Gasteiger partial charge in [-0.05, 0) is 30.0 Å². The van der Waals surface area contributed by atoms with Gasteiger partial charge in [0.05, 0.1) is 19.8 Å². The summed E-state index contributed by atoms with van der Waals surface area (Å²) in [5.41, 5.74) is 0.862. The minimum Gasteiger partial charge on any atom is -0.493 e. The summed E-state index contributed by atoms with van der Waals surface area (Å²) < 4.78 is 16.0. The van der Waals surface area contributed by atoms with E-state index in [0.29, 0.717) is 30.6 Å². The lowest BCUT2D eigenvalue weighted by atomic mass is 9.99. The van der Waals surface area contributed by atoms with Crippen molar-refractivity contribution in [2.75, 3.05) is 27.4 Å². The molecule has 0 amide bonds. The third-order valence-electron chi connectivity index (χ3n) is 3.02. The Hall–Kier alpha value is -1.26. The number of ether oxygens (including phenoxy) is 3. The van der Waals surface area contributed by atoms with Crippen LogP contribution in [0.5, 0.6) is 11.5 Å². The highest BCUT2D eigenvalue weighted by molar-refractivity contribution is 5.43. The van der Waals surface area contributed by atoms with Crippen molar-refractivity contribution in [3.63, 3.8) is 0 Å². The van der Waals surface area contributed by atoms with Crippen molar-refractivity contribution in [2.45, 2.75) is 32.8 Å². The van der Waals surface area contributed by atoms with Gasteiger partial charge in [0.1, 0.15) is 0 Å². The summed E-state index contributed by atoms with van der Waals surface area (Å²) in [5, 5.41) is 10.2. The number of aliphatic hydroxyl groups is 1. The molecule has 0 aromatic heterocycles. The Bertz CT molecular complexity index is 390. The summed E-state index contributed by atoms with van der Waals surface area (Å²) >= 11 is 0. The third kappa shape index (κ3) is 5.39. The number of benzene rings is 1. The standard InChI is InChI=1S/C16H26O4/c1-12(2)10-14(17)13-6-7-15(19-4)16(11-13)20-9-5-8-18-3/h6-7,11-12,14,17H,5,8-10H2,1-4H3. The van der Waals surface area contributed by atoms with Gasteiger partial charge in [-0.1, -0.05) is 19.9 Å². The second kappa shape index (κ2) is 8.82. The lowest BCUT2D eigenvalue weighted by Crippen LogP contribution is -2.05. The van der Waals surface area contributed by atoms with E-state index in [1.165, 1.54) is 0 Å². The van der Waals surface area contributed by atoms with E-state index < -0.39 is 6.10 Å². The Kier molecular flexibility index (Phi) is 7.41. The summed E-state index contributed by atoms with van der Waals surface area (Å²) in [6.07, 6.45) is 1.08. The average molecular weight is 282 g/mol. The minimum absolute atomic E-state index is 0.443. The van der Waals surface area contributed by atoms with Crippen molar-refractivity contribution in [3.05, 3.63) is 23.8 Å². The second-order valence-electron chi connectivity index (χ2n) is 5.25. The quantitative estimate of drug-likeness (QED) is 0.707. The lowest BCUT2D eigenvalue weighted by Gasteiger charge is -2.16. The molecule has 0 aliphatic carbocycles. The number of aliphatic hydroxyl groups excluding tert-OH is 1. The molecule has 1 aromatic rings. The molecule has 1 N–H and O–H groups in total. The van der Waals surface area contributed by atoms with E-state index >= 15 is 0 Å². The normalized spacial score (nSPS) is 12.5. The van der Waals surface area contributed by atoms with E-state index in [-0.39, 0.29) is 0 Å². The number of methoxy groups -OCH3 is 2. The van der Waals surface area contributed by atoms with Crippen LogP contribution >= 0.6 is 0 Å². The van der Waals surface area contributed by atoms with Crippen molar-refractivity contribution in [2.24, 2.45) is 5.92 Å². The number of rotatable bonds is 9. The zero-order chi connectivity index (χ0) is 15.0. The van der Waals surface area contributed by atoms with Crippen LogP contribution in [0.1, 0.15) is 38.4 Å². The highest BCUT2D eigenvalue weighted by Crippen LogP contribution is 2.32. The van der Waals surface area contributed by atoms with Gasteiger partial charge in [0.15, 0.2) is 11.5 Å². The third-order valence-corrected chi connectivity index (χ3v) is 3.02. The molecule has 114 valence electrons. The molecule has 4 heteroatoms. The molecular weight excluding hydrogens is 256 g/mol. The molecule has 20 heavy (non-hydrogen) atoms. The Balaban J connectivity index is 2.74. The van der Waals surface area contributed by atoms with Crippen molar-refractivity contribution < 1.29 is 19.3 Å². The topological polar surface area (TPSA) is 47.9 Å². The molecule has 1 rings (SSSR count). The van der Waals surface area contributed by atoms with E-state index in [2.05, 4.69) is 13.8 Å². The van der Waals surface area contributed by atoms with Gasteiger partial charge in [0.2, 0.25) is 0 Å². The molecule has 1 atom stereocenters. The highest BCUT2D eigenvalue weighted by atomic mass is 16.5. The van der Waals surface area contributed by atoms with Gasteiger partial charge >= 0.3 is 0 Å². The fourth-order valence-electron chi connectivity index (χ4n) is 1.98. The number of hydrogen-bond acceptors (Lipinski definition) is 4. The van der Waals surface area contributed by atoms with E-state index in [1.807, 2.05) is 18.2 Å². The zero-order valence-electron chi connectivity index (χ0n) is 12.9. The summed E-state index contributed by atoms with van der Waals surface area (Å²) in [6.45, 7) is 5.41. The van der Waals surface area contributed by atoms with Crippen LogP contribution in [-0.4, -0.2) is 32.5 Å². The van der Waals surface area contributed by atoms with Gasteiger partial charge in [-0.25, -0.2) is 0 Å². The molecule has 0 radical (unpaired) electrons. The Labute approximate surface area is 121 Å². The molecule has 4 nitrogen and oxygen atoms in total. The fourth-order valence-corrected chi connectivity index (χ4v) is 1.98. The zero-order valence-corrected chi connectivity index (χ0v) is 12.9. The monoisotopic (exact) mass is 282 g/mol. The van der Waals surface area contributed by atoms with Gasteiger partial charge in [-0.3, -0.25) is 0 Å². The van der Waals surface area contributed by atoms with Crippen LogP contribution in [0.25, 0.3) is 0 Å². The maximum absolute atomic E-state index is 10.2. The van der Waals surface area contributed by atoms with Crippen molar-refractivity contribution >= 4 is 0 Å². The van der Waals surface area contributed by atoms with Gasteiger partial charge in [0, 0.05) is 20.1 Å². The smallest absolute Gasteiger partial charge is 0.161 e. The Morgan fingerprint density at radius 1 is 1.10 bits per heavy atom. The molecule has 0 saturated heterocycles. The van der Waals surface area contributed by atoms with Crippen LogP contribution in [0, 0.1) is 5.92 Å². The predicted octanol–water partition coefficient (Wildman–Crippen LogP) is 3.19. The molecule has 0 saturated carbocycles. The van der Waals surface area contributed by atoms with Gasteiger partial charge in [-0.15, -0.1) is 0 Å². The molecule has 1 unspecified atom stereocenters. The first-order chi connectivity index (χ1) is 9.58. The van der Waals surface area contributed by atoms with Crippen molar-refractivity contribution in [1.82, 2.24) is 0 Å². The Morgan fingerprint density at radius 2 is 1.85 bits per heavy atom. The summed E-state index contributed by atoms with van der Waals surface area (Å²) in [5.74, 6) is 1.80. The average Bonchev–Trinajstić information content (AvgIpc) is 2.42. The van der Waals surface area contributed by atoms with E-state index in [9.17, 15) is 5.11 Å². The van der Waals surface area contributed by atoms with Crippen LogP contribution in [-0.2, 0) is 4.74 Å². The summed E-state index contributed by atoms with van der Waals surface area (Å²) in [6, 6.07) is 5.58. The molecule has 0 aliphatic heterocycles. The number of hydrogen-bond donors (Lipinski definition) is 1. The van der Waals surface area contributed by atoms with Crippen LogP contribution in [0.2, 0.25) is 0 Å². The molecule has 1 aromatic carbocycles. The van der Waals surface area contributed by atoms with Gasteiger partial charge in [0.25, 0.3) is 0 Å². The molecule has 0 aliphatic rings. The second-order valence-corrected chi connectivity index (χ2v) is 5.25. The first-order valence-corrected chi connectivity index (χ1v) is 7.06. The van der Waals surface area contributed by atoms with E-state index in [1.54, 1.807) is 14.2 Å². The van der Waals surface area contributed by atoms with Crippen LogP contribution < -0.4 is 9.47 Å². The largest absolute Gasteiger partial charge is 0.493 e. The van der Waals surface area contributed by atoms with Crippen molar-refractivity contribution in [3.8, 4) is 11.5 Å². The molecule has 0 fully saturated rings. The highest BCUT2D eigenvalue weighted by Gasteiger charge is 2.13. The lowest BCUT2D eigenvalue weighted by molar-refractivity contribution is 0.149. The van der Waals surface area contributed by atoms with Crippen LogP contribution in [0.4, 0.5) is 0 Å². The Morgan fingerprint density at radius 3 is 2.45 bits per heavy atom. The van der Waals surface area contributed by atoms with Crippen LogP contribution in [0.3, 0.4) is 0 Å². The maximum atomic E-state index is 10.2. The fraction of sp³-hybridized carbons (Fsp3) is 0.625. The first kappa shape index (κ1) is 16.8. The van der Waals surface area contributed by atoms with E-state index in [4.69, 9.17) is 14.2 Å². The van der Waals surface area contributed by atoms with Gasteiger partial charge < -0.3 is 19.3 Å². The summed E-state index contributed by atoms with van der Waals surface area (Å²) in [7, 11) is 3.28. The van der Waals surface area contributed by atoms with Crippen molar-refractivity contribution in [1.29, 1.82) is 0 Å². The van der Waals surface area contributed by atoms with E-state index in [0.717, 1.165) is 18.4 Å². The minimum atomic E-state index is -0.470. The molecular formula is C16H26O4. The SMILES string of the molecule is COCCCOc1cc(C(O)CC(C)C)ccc1OC. The molecule has 0 bridgehead atoms. The van der Waals surface area contributed by atoms with Crippen LogP contribution in [0.15, 0.2) is 18.2 Å². The van der Waals surface area contributed by atoms with Gasteiger partial charge in [-0.2, -0.15) is 0 Å². The predicted molar refractivity (Wildman–Crippen MR) is 79.4 cm³/mol.